The lowest BCUT2D eigenvalue weighted by molar-refractivity contribution is -0.895. The zero-order chi connectivity index (χ0) is 22.5. The molecule has 1 aliphatic carbocycles. The number of amides is 1. The third kappa shape index (κ3) is 5.24. The smallest absolute Gasteiger partial charge is 0.316 e. The number of carbonyl (C=O) groups excluding carboxylic acids is 1. The summed E-state index contributed by atoms with van der Waals surface area (Å²) < 4.78 is 6.20. The first kappa shape index (κ1) is 22.4. The van der Waals surface area contributed by atoms with Gasteiger partial charge in [-0.15, -0.1) is 0 Å². The van der Waals surface area contributed by atoms with E-state index in [-0.39, 0.29) is 17.8 Å². The number of ether oxygens (including phenoxy) is 1. The first-order valence-corrected chi connectivity index (χ1v) is 10.2. The molecule has 5 N–H and O–H groups in total. The minimum absolute atomic E-state index is 0.0704. The number of carbonyl (C=O) groups is 1. The van der Waals surface area contributed by atoms with Crippen LogP contribution in [0.1, 0.15) is 41.7 Å². The third-order valence-corrected chi connectivity index (χ3v) is 5.38. The van der Waals surface area contributed by atoms with Crippen LogP contribution in [0.25, 0.3) is 0 Å². The van der Waals surface area contributed by atoms with E-state index in [2.05, 4.69) is 10.3 Å². The molecule has 1 aromatic heterocycles. The molecule has 2 aromatic rings. The third-order valence-electron chi connectivity index (χ3n) is 5.38. The number of hydrogen-bond donors (Lipinski definition) is 4. The van der Waals surface area contributed by atoms with Gasteiger partial charge in [0.1, 0.15) is 5.75 Å². The topological polar surface area (TPSA) is 124 Å². The molecule has 1 heterocycles. The molecule has 1 aromatic carbocycles. The van der Waals surface area contributed by atoms with Crippen LogP contribution in [0.15, 0.2) is 35.3 Å². The Morgan fingerprint density at radius 3 is 2.65 bits per heavy atom. The molecule has 31 heavy (non-hydrogen) atoms. The molecule has 166 valence electrons. The van der Waals surface area contributed by atoms with Crippen molar-refractivity contribution in [3.63, 3.8) is 0 Å². The first-order chi connectivity index (χ1) is 14.8. The van der Waals surface area contributed by atoms with E-state index in [0.29, 0.717) is 28.5 Å². The second kappa shape index (κ2) is 9.65. The van der Waals surface area contributed by atoms with Crippen LogP contribution in [0.5, 0.6) is 5.75 Å². The molecule has 0 radical (unpaired) electrons. The minimum Gasteiger partial charge on any atom is -0.494 e. The molecular weight excluding hydrogens is 398 g/mol. The molecule has 3 rings (SSSR count). The molecular formula is C22H30N5O4+. The predicted molar refractivity (Wildman–Crippen MR) is 119 cm³/mol. The van der Waals surface area contributed by atoms with Crippen LogP contribution >= 0.6 is 0 Å². The maximum atomic E-state index is 12.9. The number of aliphatic imine (C=N–C) groups is 1. The Morgan fingerprint density at radius 2 is 2.00 bits per heavy atom. The van der Waals surface area contributed by atoms with Gasteiger partial charge >= 0.3 is 5.82 Å². The SMILES string of the molecule is COc1cc(N)c(C=NC2CCC(O)CC2)cc1NC(=O)c1cccc(N(C)C)[n+]1O. The average Bonchev–Trinajstić information content (AvgIpc) is 2.74. The minimum atomic E-state index is -0.501. The molecule has 1 saturated carbocycles. The number of nitrogens with two attached hydrogens (primary N) is 1. The fraction of sp³-hybridized carbons (Fsp3) is 0.409. The number of nitrogen functional groups attached to an aromatic ring is 1. The van der Waals surface area contributed by atoms with Crippen LogP contribution in [-0.4, -0.2) is 55.8 Å². The maximum Gasteiger partial charge on any atom is 0.316 e. The van der Waals surface area contributed by atoms with E-state index < -0.39 is 5.91 Å². The van der Waals surface area contributed by atoms with Gasteiger partial charge < -0.3 is 26.1 Å². The summed E-state index contributed by atoms with van der Waals surface area (Å²) in [5.41, 5.74) is 7.76. The first-order valence-electron chi connectivity index (χ1n) is 10.2. The largest absolute Gasteiger partial charge is 0.494 e. The summed E-state index contributed by atoms with van der Waals surface area (Å²) in [7, 11) is 5.03. The molecule has 1 fully saturated rings. The number of nitrogens with one attached hydrogen (secondary N) is 1. The summed E-state index contributed by atoms with van der Waals surface area (Å²) in [6, 6.07) is 8.38. The van der Waals surface area contributed by atoms with E-state index in [0.717, 1.165) is 30.4 Å². The van der Waals surface area contributed by atoms with Crippen molar-refractivity contribution in [2.24, 2.45) is 4.99 Å². The van der Waals surface area contributed by atoms with Gasteiger partial charge in [-0.2, -0.15) is 0 Å². The van der Waals surface area contributed by atoms with E-state index in [1.807, 2.05) is 0 Å². The van der Waals surface area contributed by atoms with Crippen molar-refractivity contribution < 1.29 is 24.6 Å². The van der Waals surface area contributed by atoms with Gasteiger partial charge in [-0.05, 0) is 48.6 Å². The molecule has 9 heteroatoms. The van der Waals surface area contributed by atoms with Gasteiger partial charge in [0.05, 0.1) is 39.0 Å². The van der Waals surface area contributed by atoms with Gasteiger partial charge in [-0.1, -0.05) is 0 Å². The number of methoxy groups -OCH3 is 1. The molecule has 1 aliphatic rings. The van der Waals surface area contributed by atoms with Gasteiger partial charge in [-0.3, -0.25) is 14.7 Å². The van der Waals surface area contributed by atoms with Crippen LogP contribution in [-0.2, 0) is 0 Å². The van der Waals surface area contributed by atoms with Crippen LogP contribution < -0.4 is 25.4 Å². The van der Waals surface area contributed by atoms with Crippen molar-refractivity contribution >= 4 is 29.3 Å². The molecule has 0 aliphatic heterocycles. The maximum absolute atomic E-state index is 12.9. The Kier molecular flexibility index (Phi) is 6.96. The number of anilines is 3. The number of rotatable bonds is 6. The Balaban J connectivity index is 1.84. The molecule has 9 nitrogen and oxygen atoms in total. The summed E-state index contributed by atoms with van der Waals surface area (Å²) in [5.74, 6) is 0.359. The number of benzene rings is 1. The van der Waals surface area contributed by atoms with E-state index in [1.165, 1.54) is 13.2 Å². The second-order valence-electron chi connectivity index (χ2n) is 7.85. The van der Waals surface area contributed by atoms with E-state index in [9.17, 15) is 15.1 Å². The van der Waals surface area contributed by atoms with Crippen LogP contribution in [0.4, 0.5) is 17.2 Å². The fourth-order valence-corrected chi connectivity index (χ4v) is 3.57. The Hall–Kier alpha value is -3.33. The fourth-order valence-electron chi connectivity index (χ4n) is 3.57. The number of nitrogens with zero attached hydrogens (tertiary/aromatic N) is 3. The Bertz CT molecular complexity index is 969. The van der Waals surface area contributed by atoms with Crippen molar-refractivity contribution in [3.05, 3.63) is 41.6 Å². The van der Waals surface area contributed by atoms with Crippen molar-refractivity contribution in [2.45, 2.75) is 37.8 Å². The predicted octanol–water partition coefficient (Wildman–Crippen LogP) is 1.84. The monoisotopic (exact) mass is 428 g/mol. The molecule has 0 spiro atoms. The van der Waals surface area contributed by atoms with Gasteiger partial charge in [0.2, 0.25) is 5.69 Å². The number of aliphatic hydroxyl groups is 1. The summed E-state index contributed by atoms with van der Waals surface area (Å²) in [6.07, 6.45) is 4.61. The molecule has 0 saturated heterocycles. The number of aromatic nitrogens is 1. The summed E-state index contributed by atoms with van der Waals surface area (Å²) in [4.78, 5) is 19.2. The van der Waals surface area contributed by atoms with Crippen LogP contribution in [0.2, 0.25) is 0 Å². The molecule has 0 bridgehead atoms. The number of pyridine rings is 1. The molecule has 0 unspecified atom stereocenters. The lowest BCUT2D eigenvalue weighted by Gasteiger charge is -2.22. The van der Waals surface area contributed by atoms with Crippen molar-refractivity contribution in [1.82, 2.24) is 0 Å². The number of hydrogen-bond acceptors (Lipinski definition) is 7. The van der Waals surface area contributed by atoms with Gasteiger partial charge in [0, 0.05) is 29.6 Å². The van der Waals surface area contributed by atoms with Crippen molar-refractivity contribution in [1.29, 1.82) is 0 Å². The van der Waals surface area contributed by atoms with Crippen molar-refractivity contribution in [3.8, 4) is 5.75 Å². The zero-order valence-corrected chi connectivity index (χ0v) is 18.1. The second-order valence-corrected chi connectivity index (χ2v) is 7.85. The van der Waals surface area contributed by atoms with Gasteiger partial charge in [0.25, 0.3) is 5.91 Å². The summed E-state index contributed by atoms with van der Waals surface area (Å²) in [5, 5.41) is 22.8. The average molecular weight is 429 g/mol. The highest BCUT2D eigenvalue weighted by molar-refractivity contribution is 6.04. The quantitative estimate of drug-likeness (QED) is 0.241. The number of aliphatic hydroxyl groups excluding tert-OH is 1. The Morgan fingerprint density at radius 1 is 1.29 bits per heavy atom. The highest BCUT2D eigenvalue weighted by Gasteiger charge is 2.23. The lowest BCUT2D eigenvalue weighted by Crippen LogP contribution is -2.44. The van der Waals surface area contributed by atoms with E-state index >= 15 is 0 Å². The Labute approximate surface area is 181 Å². The van der Waals surface area contributed by atoms with Crippen LogP contribution in [0, 0.1) is 0 Å². The highest BCUT2D eigenvalue weighted by atomic mass is 16.5. The van der Waals surface area contributed by atoms with Gasteiger partial charge in [0.15, 0.2) is 0 Å². The normalized spacial score (nSPS) is 18.7. The summed E-state index contributed by atoms with van der Waals surface area (Å²) >= 11 is 0. The molecule has 0 atom stereocenters. The van der Waals surface area contributed by atoms with Crippen molar-refractivity contribution in [2.75, 3.05) is 37.2 Å². The van der Waals surface area contributed by atoms with E-state index in [4.69, 9.17) is 10.5 Å². The highest BCUT2D eigenvalue weighted by Crippen LogP contribution is 2.30. The van der Waals surface area contributed by atoms with Gasteiger partial charge in [-0.25, -0.2) is 0 Å². The zero-order valence-electron chi connectivity index (χ0n) is 18.1. The summed E-state index contributed by atoms with van der Waals surface area (Å²) in [6.45, 7) is 0. The van der Waals surface area contributed by atoms with E-state index in [1.54, 1.807) is 49.5 Å². The van der Waals surface area contributed by atoms with Crippen LogP contribution in [0.3, 0.4) is 0 Å². The molecule has 1 amide bonds. The lowest BCUT2D eigenvalue weighted by atomic mass is 9.93. The standard InChI is InChI=1S/C22H29N5O4/c1-26(2)21-6-4-5-19(27(21)30)22(29)25-18-11-14(17(23)12-20(18)31-3)13-24-15-7-9-16(28)10-8-15/h4-6,11-13,15-16,23,28-30H,7-10H2,1-3H3/p+1.